The maximum Gasteiger partial charge on any atom is 0.230 e. The number of rotatable bonds is 5. The minimum Gasteiger partial charge on any atom is -0.459 e. The van der Waals surface area contributed by atoms with E-state index >= 15 is 0 Å². The number of amides is 1. The zero-order valence-corrected chi connectivity index (χ0v) is 12.3. The standard InChI is InChI=1S/C15H19NO2S/c1-10(2)19-9-15(17)16-11(3)14-8-12-6-4-5-7-13(12)18-14/h4-8,10-11H,9H2,1-3H3,(H,16,17). The molecule has 1 atom stereocenters. The third-order valence-electron chi connectivity index (χ3n) is 2.80. The van der Waals surface area contributed by atoms with Gasteiger partial charge in [-0.3, -0.25) is 4.79 Å². The van der Waals surface area contributed by atoms with Gasteiger partial charge in [0, 0.05) is 5.39 Å². The van der Waals surface area contributed by atoms with Gasteiger partial charge in [0.1, 0.15) is 11.3 Å². The van der Waals surface area contributed by atoms with Crippen molar-refractivity contribution < 1.29 is 9.21 Å². The number of benzene rings is 1. The molecule has 0 aliphatic carbocycles. The van der Waals surface area contributed by atoms with Crippen molar-refractivity contribution in [2.75, 3.05) is 5.75 Å². The molecule has 4 heteroatoms. The highest BCUT2D eigenvalue weighted by Crippen LogP contribution is 2.23. The van der Waals surface area contributed by atoms with E-state index in [4.69, 9.17) is 4.42 Å². The fraction of sp³-hybridized carbons (Fsp3) is 0.400. The van der Waals surface area contributed by atoms with Gasteiger partial charge in [-0.05, 0) is 24.3 Å². The summed E-state index contributed by atoms with van der Waals surface area (Å²) in [4.78, 5) is 11.8. The summed E-state index contributed by atoms with van der Waals surface area (Å²) < 4.78 is 5.73. The lowest BCUT2D eigenvalue weighted by atomic mass is 10.2. The fourth-order valence-corrected chi connectivity index (χ4v) is 2.38. The third-order valence-corrected chi connectivity index (χ3v) is 3.89. The Labute approximate surface area is 117 Å². The number of fused-ring (bicyclic) bond motifs is 1. The lowest BCUT2D eigenvalue weighted by molar-refractivity contribution is -0.119. The molecule has 0 aliphatic rings. The van der Waals surface area contributed by atoms with Gasteiger partial charge in [0.25, 0.3) is 0 Å². The smallest absolute Gasteiger partial charge is 0.230 e. The van der Waals surface area contributed by atoms with Crippen LogP contribution in [-0.4, -0.2) is 16.9 Å². The van der Waals surface area contributed by atoms with Crippen molar-refractivity contribution in [3.63, 3.8) is 0 Å². The van der Waals surface area contributed by atoms with Gasteiger partial charge in [0.05, 0.1) is 11.8 Å². The Hall–Kier alpha value is -1.42. The lowest BCUT2D eigenvalue weighted by Crippen LogP contribution is -2.28. The van der Waals surface area contributed by atoms with Crippen molar-refractivity contribution in [2.24, 2.45) is 0 Å². The summed E-state index contributed by atoms with van der Waals surface area (Å²) in [6.45, 7) is 6.11. The number of furan rings is 1. The quantitative estimate of drug-likeness (QED) is 0.905. The molecule has 1 aromatic heterocycles. The molecule has 1 unspecified atom stereocenters. The van der Waals surface area contributed by atoms with Gasteiger partial charge in [0.15, 0.2) is 0 Å². The van der Waals surface area contributed by atoms with Crippen LogP contribution in [0.2, 0.25) is 0 Å². The summed E-state index contributed by atoms with van der Waals surface area (Å²) in [7, 11) is 0. The van der Waals surface area contributed by atoms with Crippen LogP contribution in [0.5, 0.6) is 0 Å². The molecular weight excluding hydrogens is 258 g/mol. The Balaban J connectivity index is 1.99. The van der Waals surface area contributed by atoms with Gasteiger partial charge in [-0.2, -0.15) is 0 Å². The molecule has 1 aromatic carbocycles. The lowest BCUT2D eigenvalue weighted by Gasteiger charge is -2.11. The third kappa shape index (κ3) is 3.77. The summed E-state index contributed by atoms with van der Waals surface area (Å²) >= 11 is 1.64. The van der Waals surface area contributed by atoms with Gasteiger partial charge in [-0.15, -0.1) is 11.8 Å². The van der Waals surface area contributed by atoms with E-state index in [0.717, 1.165) is 16.7 Å². The molecule has 3 nitrogen and oxygen atoms in total. The molecule has 0 aliphatic heterocycles. The summed E-state index contributed by atoms with van der Waals surface area (Å²) in [5.74, 6) is 1.33. The Morgan fingerprint density at radius 3 is 2.74 bits per heavy atom. The normalized spacial score (nSPS) is 12.8. The van der Waals surface area contributed by atoms with E-state index in [-0.39, 0.29) is 11.9 Å². The predicted molar refractivity (Wildman–Crippen MR) is 80.4 cm³/mol. The summed E-state index contributed by atoms with van der Waals surface area (Å²) in [5, 5.41) is 4.49. The molecular formula is C15H19NO2S. The van der Waals surface area contributed by atoms with Gasteiger partial charge in [0.2, 0.25) is 5.91 Å². The Morgan fingerprint density at radius 2 is 2.05 bits per heavy atom. The molecule has 102 valence electrons. The van der Waals surface area contributed by atoms with Crippen molar-refractivity contribution in [3.05, 3.63) is 36.1 Å². The van der Waals surface area contributed by atoms with Gasteiger partial charge >= 0.3 is 0 Å². The summed E-state index contributed by atoms with van der Waals surface area (Å²) in [6.07, 6.45) is 0. The van der Waals surface area contributed by atoms with E-state index in [9.17, 15) is 4.79 Å². The summed E-state index contributed by atoms with van der Waals surface area (Å²) in [6, 6.07) is 9.73. The van der Waals surface area contributed by atoms with Gasteiger partial charge in [-0.25, -0.2) is 0 Å². The molecule has 2 rings (SSSR count). The number of hydrogen-bond acceptors (Lipinski definition) is 3. The zero-order chi connectivity index (χ0) is 13.8. The minimum atomic E-state index is -0.104. The summed E-state index contributed by atoms with van der Waals surface area (Å²) in [5.41, 5.74) is 0.857. The molecule has 1 N–H and O–H groups in total. The molecule has 1 amide bonds. The van der Waals surface area contributed by atoms with Crippen LogP contribution < -0.4 is 5.32 Å². The zero-order valence-electron chi connectivity index (χ0n) is 11.5. The molecule has 0 spiro atoms. The second-order valence-electron chi connectivity index (χ2n) is 4.84. The first kappa shape index (κ1) is 14.0. The monoisotopic (exact) mass is 277 g/mol. The molecule has 0 saturated carbocycles. The van der Waals surface area contributed by atoms with Crippen LogP contribution in [0.1, 0.15) is 32.6 Å². The van der Waals surface area contributed by atoms with Crippen molar-refractivity contribution in [2.45, 2.75) is 32.1 Å². The van der Waals surface area contributed by atoms with E-state index in [0.29, 0.717) is 11.0 Å². The highest BCUT2D eigenvalue weighted by Gasteiger charge is 2.14. The van der Waals surface area contributed by atoms with E-state index in [2.05, 4.69) is 19.2 Å². The number of hydrogen-bond donors (Lipinski definition) is 1. The van der Waals surface area contributed by atoms with Crippen molar-refractivity contribution in [1.29, 1.82) is 0 Å². The largest absolute Gasteiger partial charge is 0.459 e. The molecule has 0 saturated heterocycles. The van der Waals surface area contributed by atoms with E-state index in [1.54, 1.807) is 11.8 Å². The fourth-order valence-electron chi connectivity index (χ4n) is 1.81. The topological polar surface area (TPSA) is 42.2 Å². The van der Waals surface area contributed by atoms with Crippen molar-refractivity contribution in [1.82, 2.24) is 5.32 Å². The highest BCUT2D eigenvalue weighted by atomic mass is 32.2. The number of carbonyl (C=O) groups is 1. The van der Waals surface area contributed by atoms with Crippen LogP contribution in [0, 0.1) is 0 Å². The number of para-hydroxylation sites is 1. The molecule has 2 aromatic rings. The average molecular weight is 277 g/mol. The maximum absolute atomic E-state index is 11.8. The first-order chi connectivity index (χ1) is 9.06. The molecule has 0 fully saturated rings. The van der Waals surface area contributed by atoms with Crippen LogP contribution in [0.4, 0.5) is 0 Å². The molecule has 0 bridgehead atoms. The number of thioether (sulfide) groups is 1. The van der Waals surface area contributed by atoms with Crippen molar-refractivity contribution >= 4 is 28.6 Å². The SMILES string of the molecule is CC(C)SCC(=O)NC(C)c1cc2ccccc2o1. The Bertz CT molecular complexity index is 529. The van der Waals surface area contributed by atoms with Crippen LogP contribution in [0.25, 0.3) is 11.0 Å². The van der Waals surface area contributed by atoms with Gasteiger partial charge < -0.3 is 9.73 Å². The number of nitrogens with one attached hydrogen (secondary N) is 1. The predicted octanol–water partition coefficient (Wildman–Crippen LogP) is 3.75. The van der Waals surface area contributed by atoms with Crippen molar-refractivity contribution in [3.8, 4) is 0 Å². The van der Waals surface area contributed by atoms with E-state index < -0.39 is 0 Å². The Morgan fingerprint density at radius 1 is 1.32 bits per heavy atom. The molecule has 0 radical (unpaired) electrons. The van der Waals surface area contributed by atoms with E-state index in [1.165, 1.54) is 0 Å². The van der Waals surface area contributed by atoms with Crippen LogP contribution in [0.3, 0.4) is 0 Å². The van der Waals surface area contributed by atoms with E-state index in [1.807, 2.05) is 37.3 Å². The number of carbonyl (C=O) groups excluding carboxylic acids is 1. The Kier molecular flexibility index (Phi) is 4.53. The molecule has 1 heterocycles. The first-order valence-corrected chi connectivity index (χ1v) is 7.50. The van der Waals surface area contributed by atoms with Crippen LogP contribution in [0.15, 0.2) is 34.7 Å². The maximum atomic E-state index is 11.8. The first-order valence-electron chi connectivity index (χ1n) is 6.45. The van der Waals surface area contributed by atoms with Gasteiger partial charge in [-0.1, -0.05) is 32.0 Å². The second kappa shape index (κ2) is 6.15. The molecule has 19 heavy (non-hydrogen) atoms. The van der Waals surface area contributed by atoms with Crippen LogP contribution in [-0.2, 0) is 4.79 Å². The second-order valence-corrected chi connectivity index (χ2v) is 6.40. The van der Waals surface area contributed by atoms with Crippen LogP contribution >= 0.6 is 11.8 Å². The minimum absolute atomic E-state index is 0.0478. The average Bonchev–Trinajstić information content (AvgIpc) is 2.80. The highest BCUT2D eigenvalue weighted by molar-refractivity contribution is 8.00.